The topological polar surface area (TPSA) is 80.2 Å². The lowest BCUT2D eigenvalue weighted by atomic mass is 10.1. The molecule has 0 aliphatic heterocycles. The fraction of sp³-hybridized carbons (Fsp3) is 0.273. The molecule has 0 spiro atoms. The van der Waals surface area contributed by atoms with E-state index >= 15 is 0 Å². The minimum absolute atomic E-state index is 0.0685. The Kier molecular flexibility index (Phi) is 5.55. The Hall–Kier alpha value is -3.46. The first kappa shape index (κ1) is 19.3. The summed E-state index contributed by atoms with van der Waals surface area (Å²) in [7, 11) is 0. The molecule has 2 heterocycles. The summed E-state index contributed by atoms with van der Waals surface area (Å²) in [6.07, 6.45) is 3.60. The van der Waals surface area contributed by atoms with Crippen molar-refractivity contribution in [3.63, 3.8) is 0 Å². The fourth-order valence-corrected chi connectivity index (χ4v) is 3.04. The largest absolute Gasteiger partial charge is 0.491 e. The van der Waals surface area contributed by atoms with Crippen molar-refractivity contribution in [2.24, 2.45) is 0 Å². The fourth-order valence-electron chi connectivity index (χ4n) is 3.04. The Labute approximate surface area is 164 Å². The standard InChI is InChI=1S/C22H23N3O3/c1-14(2)27-18-9-7-8-17(12-18)15(3)24-21(26)20-16(4)28-22(19(20)13-23)25-10-5-6-11-25/h5-12,14-15H,1-4H3,(H,24,26). The Morgan fingerprint density at radius 2 is 1.93 bits per heavy atom. The summed E-state index contributed by atoms with van der Waals surface area (Å²) in [6, 6.07) is 13.1. The molecule has 6 nitrogen and oxygen atoms in total. The number of aromatic nitrogens is 1. The van der Waals surface area contributed by atoms with Crippen LogP contribution in [-0.2, 0) is 0 Å². The van der Waals surface area contributed by atoms with Gasteiger partial charge in [-0.2, -0.15) is 5.26 Å². The molecular formula is C22H23N3O3. The maximum Gasteiger partial charge on any atom is 0.256 e. The first-order valence-electron chi connectivity index (χ1n) is 9.15. The smallest absolute Gasteiger partial charge is 0.256 e. The summed E-state index contributed by atoms with van der Waals surface area (Å²) in [5, 5.41) is 12.6. The van der Waals surface area contributed by atoms with E-state index in [9.17, 15) is 10.1 Å². The minimum atomic E-state index is -0.348. The highest BCUT2D eigenvalue weighted by atomic mass is 16.5. The van der Waals surface area contributed by atoms with Crippen molar-refractivity contribution in [2.45, 2.75) is 39.8 Å². The van der Waals surface area contributed by atoms with Crippen LogP contribution in [0.4, 0.5) is 0 Å². The summed E-state index contributed by atoms with van der Waals surface area (Å²) in [5.74, 6) is 1.15. The van der Waals surface area contributed by atoms with Crippen molar-refractivity contribution in [2.75, 3.05) is 0 Å². The van der Waals surface area contributed by atoms with E-state index < -0.39 is 0 Å². The van der Waals surface area contributed by atoms with E-state index in [4.69, 9.17) is 9.15 Å². The number of ether oxygens (including phenoxy) is 1. The molecule has 0 aliphatic rings. The molecule has 144 valence electrons. The van der Waals surface area contributed by atoms with Crippen molar-refractivity contribution in [1.82, 2.24) is 9.88 Å². The molecule has 1 unspecified atom stereocenters. The van der Waals surface area contributed by atoms with Crippen LogP contribution in [-0.4, -0.2) is 16.6 Å². The average molecular weight is 377 g/mol. The van der Waals surface area contributed by atoms with E-state index in [1.54, 1.807) is 23.9 Å². The lowest BCUT2D eigenvalue weighted by molar-refractivity contribution is 0.0938. The number of nitriles is 1. The van der Waals surface area contributed by atoms with Gasteiger partial charge in [0.2, 0.25) is 5.88 Å². The van der Waals surface area contributed by atoms with E-state index in [0.717, 1.165) is 11.3 Å². The van der Waals surface area contributed by atoms with Crippen molar-refractivity contribution in [3.05, 3.63) is 71.2 Å². The second-order valence-corrected chi connectivity index (χ2v) is 6.85. The van der Waals surface area contributed by atoms with Gasteiger partial charge >= 0.3 is 0 Å². The maximum absolute atomic E-state index is 12.9. The van der Waals surface area contributed by atoms with Gasteiger partial charge in [0, 0.05) is 12.4 Å². The molecular weight excluding hydrogens is 354 g/mol. The number of amides is 1. The second-order valence-electron chi connectivity index (χ2n) is 6.85. The van der Waals surface area contributed by atoms with Gasteiger partial charge < -0.3 is 14.5 Å². The molecule has 0 aliphatic carbocycles. The predicted octanol–water partition coefficient (Wildman–Crippen LogP) is 4.53. The van der Waals surface area contributed by atoms with Crippen molar-refractivity contribution in [3.8, 4) is 17.7 Å². The Morgan fingerprint density at radius 1 is 1.21 bits per heavy atom. The number of nitrogens with one attached hydrogen (secondary N) is 1. The lowest BCUT2D eigenvalue weighted by Gasteiger charge is -2.16. The van der Waals surface area contributed by atoms with Gasteiger partial charge in [0.15, 0.2) is 0 Å². The molecule has 1 aromatic carbocycles. The summed E-state index contributed by atoms with van der Waals surface area (Å²) < 4.78 is 13.1. The van der Waals surface area contributed by atoms with Crippen LogP contribution in [0, 0.1) is 18.3 Å². The number of benzene rings is 1. The third kappa shape index (κ3) is 3.94. The van der Waals surface area contributed by atoms with E-state index in [2.05, 4.69) is 11.4 Å². The highest BCUT2D eigenvalue weighted by Crippen LogP contribution is 2.27. The quantitative estimate of drug-likeness (QED) is 0.684. The number of carbonyl (C=O) groups excluding carboxylic acids is 1. The zero-order valence-electron chi connectivity index (χ0n) is 16.4. The molecule has 6 heteroatoms. The van der Waals surface area contributed by atoms with Gasteiger partial charge in [0.05, 0.1) is 12.1 Å². The number of rotatable bonds is 6. The van der Waals surface area contributed by atoms with Crippen LogP contribution < -0.4 is 10.1 Å². The van der Waals surface area contributed by atoms with Gasteiger partial charge in [0.1, 0.15) is 28.7 Å². The Morgan fingerprint density at radius 3 is 2.57 bits per heavy atom. The van der Waals surface area contributed by atoms with Crippen LogP contribution in [0.2, 0.25) is 0 Å². The highest BCUT2D eigenvalue weighted by Gasteiger charge is 2.25. The van der Waals surface area contributed by atoms with E-state index in [-0.39, 0.29) is 29.2 Å². The number of nitrogens with zero attached hydrogens (tertiary/aromatic N) is 2. The molecule has 0 bridgehead atoms. The molecule has 0 saturated carbocycles. The summed E-state index contributed by atoms with van der Waals surface area (Å²) in [6.45, 7) is 7.50. The number of furan rings is 1. The molecule has 1 amide bonds. The Balaban J connectivity index is 1.85. The maximum atomic E-state index is 12.9. The van der Waals surface area contributed by atoms with Crippen LogP contribution in [0.3, 0.4) is 0 Å². The predicted molar refractivity (Wildman–Crippen MR) is 106 cm³/mol. The van der Waals surface area contributed by atoms with Gasteiger partial charge in [-0.1, -0.05) is 12.1 Å². The van der Waals surface area contributed by atoms with Gasteiger partial charge in [-0.05, 0) is 57.5 Å². The molecule has 28 heavy (non-hydrogen) atoms. The lowest BCUT2D eigenvalue weighted by Crippen LogP contribution is -2.27. The molecule has 2 aromatic heterocycles. The van der Waals surface area contributed by atoms with Crippen LogP contribution in [0.5, 0.6) is 5.75 Å². The third-order valence-corrected chi connectivity index (χ3v) is 4.32. The van der Waals surface area contributed by atoms with Crippen molar-refractivity contribution in [1.29, 1.82) is 5.26 Å². The van der Waals surface area contributed by atoms with Crippen molar-refractivity contribution < 1.29 is 13.9 Å². The van der Waals surface area contributed by atoms with Crippen LogP contribution in [0.25, 0.3) is 5.88 Å². The second kappa shape index (κ2) is 8.05. The van der Waals surface area contributed by atoms with Gasteiger partial charge in [-0.15, -0.1) is 0 Å². The highest BCUT2D eigenvalue weighted by molar-refractivity contribution is 5.98. The van der Waals surface area contributed by atoms with E-state index in [1.807, 2.05) is 57.2 Å². The molecule has 1 atom stereocenters. The number of carbonyl (C=O) groups is 1. The monoisotopic (exact) mass is 377 g/mol. The Bertz CT molecular complexity index is 1010. The average Bonchev–Trinajstić information content (AvgIpc) is 3.28. The molecule has 0 fully saturated rings. The zero-order valence-corrected chi connectivity index (χ0v) is 16.4. The number of hydrogen-bond acceptors (Lipinski definition) is 4. The zero-order chi connectivity index (χ0) is 20.3. The van der Waals surface area contributed by atoms with Crippen molar-refractivity contribution >= 4 is 5.91 Å². The molecule has 1 N–H and O–H groups in total. The first-order chi connectivity index (χ1) is 13.4. The summed E-state index contributed by atoms with van der Waals surface area (Å²) in [5.41, 5.74) is 1.39. The number of hydrogen-bond donors (Lipinski definition) is 1. The SMILES string of the molecule is Cc1oc(-n2cccc2)c(C#N)c1C(=O)NC(C)c1cccc(OC(C)C)c1. The summed E-state index contributed by atoms with van der Waals surface area (Å²) >= 11 is 0. The van der Waals surface area contributed by atoms with Gasteiger partial charge in [-0.3, -0.25) is 9.36 Å². The van der Waals surface area contributed by atoms with Gasteiger partial charge in [-0.25, -0.2) is 0 Å². The third-order valence-electron chi connectivity index (χ3n) is 4.32. The molecule has 0 saturated heterocycles. The van der Waals surface area contributed by atoms with Gasteiger partial charge in [0.25, 0.3) is 5.91 Å². The number of aryl methyl sites for hydroxylation is 1. The molecule has 3 aromatic rings. The van der Waals surface area contributed by atoms with Crippen LogP contribution in [0.15, 0.2) is 53.2 Å². The molecule has 0 radical (unpaired) electrons. The minimum Gasteiger partial charge on any atom is -0.491 e. The normalized spacial score (nSPS) is 11.9. The van der Waals surface area contributed by atoms with Crippen LogP contribution >= 0.6 is 0 Å². The molecule has 3 rings (SSSR count). The van der Waals surface area contributed by atoms with Crippen LogP contribution in [0.1, 0.15) is 54.1 Å². The van der Waals surface area contributed by atoms with E-state index in [0.29, 0.717) is 11.6 Å². The van der Waals surface area contributed by atoms with E-state index in [1.165, 1.54) is 0 Å². The summed E-state index contributed by atoms with van der Waals surface area (Å²) in [4.78, 5) is 12.9. The first-order valence-corrected chi connectivity index (χ1v) is 9.15.